The van der Waals surface area contributed by atoms with Gasteiger partial charge in [0.2, 0.25) is 0 Å². The Labute approximate surface area is 81.6 Å². The van der Waals surface area contributed by atoms with Crippen molar-refractivity contribution >= 4 is 0 Å². The zero-order valence-corrected chi connectivity index (χ0v) is 9.33. The van der Waals surface area contributed by atoms with Gasteiger partial charge in [-0.05, 0) is 38.2 Å². The molecule has 0 aliphatic rings. The van der Waals surface area contributed by atoms with Gasteiger partial charge >= 0.3 is 0 Å². The van der Waals surface area contributed by atoms with Gasteiger partial charge < -0.3 is 4.90 Å². The quantitative estimate of drug-likeness (QED) is 0.695. The lowest BCUT2D eigenvalue weighted by Crippen LogP contribution is -2.11. The maximum atomic E-state index is 4.07. The van der Waals surface area contributed by atoms with E-state index in [2.05, 4.69) is 30.9 Å². The second kappa shape index (κ2) is 6.61. The standard InChI is InChI=1S/C9H14N2.C2H6/c1-8-4-5-10-6-9(8)7-11(2)3;1-2/h4-6H,7H2,1-3H3;1-2H3. The number of nitrogens with zero attached hydrogens (tertiary/aromatic N) is 2. The molecule has 0 amide bonds. The fourth-order valence-electron chi connectivity index (χ4n) is 1.00. The highest BCUT2D eigenvalue weighted by atomic mass is 15.0. The Bertz CT molecular complexity index is 231. The molecular weight excluding hydrogens is 160 g/mol. The molecule has 1 rings (SSSR count). The molecule has 0 spiro atoms. The van der Waals surface area contributed by atoms with Gasteiger partial charge in [0.25, 0.3) is 0 Å². The molecule has 1 aromatic heterocycles. The number of aryl methyl sites for hydroxylation is 1. The van der Waals surface area contributed by atoms with Crippen LogP contribution in [0.1, 0.15) is 25.0 Å². The molecule has 0 unspecified atom stereocenters. The molecule has 0 bridgehead atoms. The average molecular weight is 180 g/mol. The van der Waals surface area contributed by atoms with Crippen LogP contribution in [0.25, 0.3) is 0 Å². The lowest BCUT2D eigenvalue weighted by Gasteiger charge is -2.10. The molecule has 0 aliphatic heterocycles. The Kier molecular flexibility index (Phi) is 6.15. The molecule has 0 N–H and O–H groups in total. The SMILES string of the molecule is CC.Cc1ccncc1CN(C)C. The van der Waals surface area contributed by atoms with Crippen molar-refractivity contribution in [2.45, 2.75) is 27.3 Å². The Morgan fingerprint density at radius 1 is 1.31 bits per heavy atom. The van der Waals surface area contributed by atoms with E-state index in [1.165, 1.54) is 11.1 Å². The predicted octanol–water partition coefficient (Wildman–Crippen LogP) is 2.48. The normalized spacial score (nSPS) is 9.38. The van der Waals surface area contributed by atoms with Crippen LogP contribution < -0.4 is 0 Å². The van der Waals surface area contributed by atoms with Crippen molar-refractivity contribution in [2.75, 3.05) is 14.1 Å². The Morgan fingerprint density at radius 2 is 1.92 bits per heavy atom. The first-order valence-electron chi connectivity index (χ1n) is 4.74. The molecule has 2 nitrogen and oxygen atoms in total. The highest BCUT2D eigenvalue weighted by Crippen LogP contribution is 2.05. The third-order valence-electron chi connectivity index (χ3n) is 1.63. The molecule has 0 saturated heterocycles. The van der Waals surface area contributed by atoms with Crippen LogP contribution in [0.15, 0.2) is 18.5 Å². The third kappa shape index (κ3) is 4.63. The number of aromatic nitrogens is 1. The van der Waals surface area contributed by atoms with Crippen molar-refractivity contribution in [1.82, 2.24) is 9.88 Å². The van der Waals surface area contributed by atoms with Crippen LogP contribution in [-0.2, 0) is 6.54 Å². The Morgan fingerprint density at radius 3 is 2.38 bits per heavy atom. The molecule has 0 atom stereocenters. The zero-order chi connectivity index (χ0) is 10.3. The minimum atomic E-state index is 0.972. The monoisotopic (exact) mass is 180 g/mol. The summed E-state index contributed by atoms with van der Waals surface area (Å²) in [5, 5.41) is 0. The van der Waals surface area contributed by atoms with E-state index in [4.69, 9.17) is 0 Å². The zero-order valence-electron chi connectivity index (χ0n) is 9.33. The van der Waals surface area contributed by atoms with Gasteiger partial charge in [0.15, 0.2) is 0 Å². The summed E-state index contributed by atoms with van der Waals surface area (Å²) in [5.41, 5.74) is 2.62. The average Bonchev–Trinajstić information content (AvgIpc) is 2.12. The summed E-state index contributed by atoms with van der Waals surface area (Å²) in [7, 11) is 4.12. The van der Waals surface area contributed by atoms with E-state index in [0.29, 0.717) is 0 Å². The molecule has 0 fully saturated rings. The first kappa shape index (κ1) is 12.1. The summed E-state index contributed by atoms with van der Waals surface area (Å²) in [6.07, 6.45) is 3.75. The second-order valence-electron chi connectivity index (χ2n) is 3.04. The first-order chi connectivity index (χ1) is 6.20. The van der Waals surface area contributed by atoms with E-state index in [9.17, 15) is 0 Å². The summed E-state index contributed by atoms with van der Waals surface area (Å²) in [4.78, 5) is 6.21. The van der Waals surface area contributed by atoms with E-state index in [1.807, 2.05) is 32.3 Å². The van der Waals surface area contributed by atoms with E-state index in [-0.39, 0.29) is 0 Å². The number of hydrogen-bond donors (Lipinski definition) is 0. The van der Waals surface area contributed by atoms with E-state index >= 15 is 0 Å². The molecule has 1 heterocycles. The highest BCUT2D eigenvalue weighted by molar-refractivity contribution is 5.20. The summed E-state index contributed by atoms with van der Waals surface area (Å²) < 4.78 is 0. The van der Waals surface area contributed by atoms with Gasteiger partial charge in [-0.15, -0.1) is 0 Å². The molecule has 2 heteroatoms. The fourth-order valence-corrected chi connectivity index (χ4v) is 1.00. The lowest BCUT2D eigenvalue weighted by molar-refractivity contribution is 0.401. The molecule has 74 valence electrons. The lowest BCUT2D eigenvalue weighted by atomic mass is 10.1. The van der Waals surface area contributed by atoms with Gasteiger partial charge in [-0.2, -0.15) is 0 Å². The van der Waals surface area contributed by atoms with Gasteiger partial charge in [0, 0.05) is 18.9 Å². The number of pyridine rings is 1. The van der Waals surface area contributed by atoms with Crippen LogP contribution in [0.4, 0.5) is 0 Å². The Balaban J connectivity index is 0.000000671. The van der Waals surface area contributed by atoms with Gasteiger partial charge in [-0.25, -0.2) is 0 Å². The van der Waals surface area contributed by atoms with Gasteiger partial charge in [-0.3, -0.25) is 4.98 Å². The molecule has 0 saturated carbocycles. The van der Waals surface area contributed by atoms with Crippen LogP contribution in [0.5, 0.6) is 0 Å². The van der Waals surface area contributed by atoms with Crippen LogP contribution >= 0.6 is 0 Å². The van der Waals surface area contributed by atoms with Crippen LogP contribution in [0, 0.1) is 6.92 Å². The van der Waals surface area contributed by atoms with Crippen molar-refractivity contribution in [2.24, 2.45) is 0 Å². The van der Waals surface area contributed by atoms with Crippen molar-refractivity contribution in [3.05, 3.63) is 29.6 Å². The number of hydrogen-bond acceptors (Lipinski definition) is 2. The fraction of sp³-hybridized carbons (Fsp3) is 0.545. The summed E-state index contributed by atoms with van der Waals surface area (Å²) in [5.74, 6) is 0. The molecule has 0 aromatic carbocycles. The summed E-state index contributed by atoms with van der Waals surface area (Å²) in [6, 6.07) is 2.04. The molecule has 1 aromatic rings. The first-order valence-corrected chi connectivity index (χ1v) is 4.74. The summed E-state index contributed by atoms with van der Waals surface area (Å²) >= 11 is 0. The number of rotatable bonds is 2. The van der Waals surface area contributed by atoms with Crippen molar-refractivity contribution in [1.29, 1.82) is 0 Å². The minimum Gasteiger partial charge on any atom is -0.305 e. The highest BCUT2D eigenvalue weighted by Gasteiger charge is 1.97. The van der Waals surface area contributed by atoms with Crippen molar-refractivity contribution < 1.29 is 0 Å². The maximum absolute atomic E-state index is 4.07. The summed E-state index contributed by atoms with van der Waals surface area (Å²) in [6.45, 7) is 7.08. The molecule has 13 heavy (non-hydrogen) atoms. The maximum Gasteiger partial charge on any atom is 0.0315 e. The van der Waals surface area contributed by atoms with Gasteiger partial charge in [0.1, 0.15) is 0 Å². The molecule has 0 radical (unpaired) electrons. The van der Waals surface area contributed by atoms with Crippen molar-refractivity contribution in [3.8, 4) is 0 Å². The van der Waals surface area contributed by atoms with Crippen LogP contribution in [0.3, 0.4) is 0 Å². The van der Waals surface area contributed by atoms with E-state index < -0.39 is 0 Å². The Hall–Kier alpha value is -0.890. The van der Waals surface area contributed by atoms with E-state index in [0.717, 1.165) is 6.54 Å². The largest absolute Gasteiger partial charge is 0.305 e. The third-order valence-corrected chi connectivity index (χ3v) is 1.63. The smallest absolute Gasteiger partial charge is 0.0315 e. The van der Waals surface area contributed by atoms with E-state index in [1.54, 1.807) is 0 Å². The minimum absolute atomic E-state index is 0.972. The van der Waals surface area contributed by atoms with Crippen LogP contribution in [-0.4, -0.2) is 24.0 Å². The van der Waals surface area contributed by atoms with Gasteiger partial charge in [-0.1, -0.05) is 13.8 Å². The topological polar surface area (TPSA) is 16.1 Å². The van der Waals surface area contributed by atoms with Crippen molar-refractivity contribution in [3.63, 3.8) is 0 Å². The predicted molar refractivity (Wildman–Crippen MR) is 57.7 cm³/mol. The molecule has 0 aliphatic carbocycles. The second-order valence-corrected chi connectivity index (χ2v) is 3.04. The van der Waals surface area contributed by atoms with Crippen LogP contribution in [0.2, 0.25) is 0 Å². The van der Waals surface area contributed by atoms with Gasteiger partial charge in [0.05, 0.1) is 0 Å². The molecular formula is C11H20N2.